The van der Waals surface area contributed by atoms with Crippen molar-refractivity contribution in [2.75, 3.05) is 4.90 Å². The Balaban J connectivity index is 1.19. The normalized spacial score (nSPS) is 11.6. The van der Waals surface area contributed by atoms with E-state index in [4.69, 9.17) is 13.8 Å². The zero-order valence-corrected chi connectivity index (χ0v) is 24.2. The van der Waals surface area contributed by atoms with Crippen LogP contribution in [0.25, 0.3) is 66.4 Å². The number of hydrogen-bond acceptors (Lipinski definition) is 4. The Labute approximate surface area is 259 Å². The lowest BCUT2D eigenvalue weighted by Crippen LogP contribution is -2.10. The lowest BCUT2D eigenvalue weighted by atomic mass is 10.0. The predicted octanol–water partition coefficient (Wildman–Crippen LogP) is 11.7. The molecule has 2 aromatic heterocycles. The number of aromatic nitrogens is 1. The lowest BCUT2D eigenvalue weighted by Gasteiger charge is -2.26. The van der Waals surface area contributed by atoms with E-state index in [9.17, 15) is 0 Å². The van der Waals surface area contributed by atoms with Crippen LogP contribution in [-0.4, -0.2) is 4.98 Å². The standard InChI is InChI=1S/C41H26N2O2/c1-3-10-27(11-4-1)31-16-9-17-32(22-31)43(33-19-18-28-12-7-8-15-30(28)23-33)34-20-21-35-36-25-37-40(26-39(36)44-38(35)24-34)45-41(42-37)29-13-5-2-6-14-29/h1-26H. The van der Waals surface area contributed by atoms with E-state index in [0.717, 1.165) is 55.6 Å². The smallest absolute Gasteiger partial charge is 0.227 e. The van der Waals surface area contributed by atoms with Crippen LogP contribution in [-0.2, 0) is 0 Å². The molecule has 0 fully saturated rings. The molecule has 0 saturated heterocycles. The van der Waals surface area contributed by atoms with Crippen LogP contribution in [0.2, 0.25) is 0 Å². The Bertz CT molecular complexity index is 2490. The van der Waals surface area contributed by atoms with Crippen LogP contribution >= 0.6 is 0 Å². The zero-order valence-electron chi connectivity index (χ0n) is 24.2. The molecule has 0 aliphatic rings. The van der Waals surface area contributed by atoms with Crippen LogP contribution < -0.4 is 4.90 Å². The maximum atomic E-state index is 6.49. The van der Waals surface area contributed by atoms with Crippen molar-refractivity contribution in [1.82, 2.24) is 4.98 Å². The van der Waals surface area contributed by atoms with Gasteiger partial charge in [0.1, 0.15) is 16.7 Å². The van der Waals surface area contributed by atoms with Gasteiger partial charge in [-0.05, 0) is 76.5 Å². The largest absolute Gasteiger partial charge is 0.456 e. The lowest BCUT2D eigenvalue weighted by molar-refractivity contribution is 0.617. The fourth-order valence-corrected chi connectivity index (χ4v) is 6.25. The highest BCUT2D eigenvalue weighted by molar-refractivity contribution is 6.10. The van der Waals surface area contributed by atoms with Crippen molar-refractivity contribution in [1.29, 1.82) is 0 Å². The molecule has 0 atom stereocenters. The van der Waals surface area contributed by atoms with Crippen LogP contribution in [0.1, 0.15) is 0 Å². The summed E-state index contributed by atoms with van der Waals surface area (Å²) in [5, 5.41) is 4.45. The second kappa shape index (κ2) is 10.2. The third-order valence-electron chi connectivity index (χ3n) is 8.45. The topological polar surface area (TPSA) is 42.4 Å². The summed E-state index contributed by atoms with van der Waals surface area (Å²) in [6, 6.07) is 54.7. The predicted molar refractivity (Wildman–Crippen MR) is 184 cm³/mol. The number of anilines is 3. The Morgan fingerprint density at radius 3 is 1.91 bits per heavy atom. The molecule has 0 amide bonds. The fourth-order valence-electron chi connectivity index (χ4n) is 6.25. The van der Waals surface area contributed by atoms with E-state index >= 15 is 0 Å². The highest BCUT2D eigenvalue weighted by Gasteiger charge is 2.18. The quantitative estimate of drug-likeness (QED) is 0.204. The highest BCUT2D eigenvalue weighted by Crippen LogP contribution is 2.41. The minimum absolute atomic E-state index is 0.605. The Kier molecular flexibility index (Phi) is 5.78. The van der Waals surface area contributed by atoms with Crippen molar-refractivity contribution in [2.24, 2.45) is 0 Å². The summed E-state index contributed by atoms with van der Waals surface area (Å²) < 4.78 is 12.6. The number of nitrogens with zero attached hydrogens (tertiary/aromatic N) is 2. The van der Waals surface area contributed by atoms with Gasteiger partial charge in [-0.1, -0.05) is 91.0 Å². The second-order valence-electron chi connectivity index (χ2n) is 11.3. The number of oxazole rings is 1. The van der Waals surface area contributed by atoms with Gasteiger partial charge in [0.25, 0.3) is 0 Å². The molecule has 7 aromatic carbocycles. The van der Waals surface area contributed by atoms with Crippen molar-refractivity contribution < 1.29 is 8.83 Å². The Morgan fingerprint density at radius 2 is 1.07 bits per heavy atom. The summed E-state index contributed by atoms with van der Waals surface area (Å²) in [6.07, 6.45) is 0. The number of benzene rings is 7. The SMILES string of the molecule is c1ccc(-c2cccc(N(c3ccc4ccccc4c3)c3ccc4c(c3)oc3cc5oc(-c6ccccc6)nc5cc34)c2)cc1. The molecule has 0 bridgehead atoms. The summed E-state index contributed by atoms with van der Waals surface area (Å²) >= 11 is 0. The molecule has 9 aromatic rings. The van der Waals surface area contributed by atoms with E-state index in [0.29, 0.717) is 11.5 Å². The van der Waals surface area contributed by atoms with Crippen LogP contribution in [0.4, 0.5) is 17.1 Å². The van der Waals surface area contributed by atoms with E-state index in [1.54, 1.807) is 0 Å². The molecule has 45 heavy (non-hydrogen) atoms. The Hall–Kier alpha value is -6.13. The molecule has 0 saturated carbocycles. The highest BCUT2D eigenvalue weighted by atomic mass is 16.4. The van der Waals surface area contributed by atoms with E-state index in [1.165, 1.54) is 16.3 Å². The van der Waals surface area contributed by atoms with Crippen molar-refractivity contribution in [3.8, 4) is 22.6 Å². The maximum Gasteiger partial charge on any atom is 0.227 e. The molecular formula is C41H26N2O2. The van der Waals surface area contributed by atoms with Crippen molar-refractivity contribution in [2.45, 2.75) is 0 Å². The fraction of sp³-hybridized carbons (Fsp3) is 0. The van der Waals surface area contributed by atoms with Crippen molar-refractivity contribution in [3.63, 3.8) is 0 Å². The molecule has 0 spiro atoms. The summed E-state index contributed by atoms with van der Waals surface area (Å²) in [5.41, 5.74) is 9.53. The first-order valence-corrected chi connectivity index (χ1v) is 15.0. The van der Waals surface area contributed by atoms with Gasteiger partial charge in [-0.15, -0.1) is 0 Å². The molecular weight excluding hydrogens is 552 g/mol. The average Bonchev–Trinajstić information content (AvgIpc) is 3.68. The molecule has 4 nitrogen and oxygen atoms in total. The van der Waals surface area contributed by atoms with Crippen molar-refractivity contribution >= 4 is 60.9 Å². The van der Waals surface area contributed by atoms with Crippen LogP contribution in [0.15, 0.2) is 167 Å². The molecule has 4 heteroatoms. The minimum atomic E-state index is 0.605. The van der Waals surface area contributed by atoms with Gasteiger partial charge in [-0.3, -0.25) is 0 Å². The average molecular weight is 579 g/mol. The van der Waals surface area contributed by atoms with Crippen LogP contribution in [0.3, 0.4) is 0 Å². The zero-order chi connectivity index (χ0) is 29.7. The van der Waals surface area contributed by atoms with Gasteiger partial charge in [0, 0.05) is 45.5 Å². The summed E-state index contributed by atoms with van der Waals surface area (Å²) in [6.45, 7) is 0. The van der Waals surface area contributed by atoms with Gasteiger partial charge in [0.05, 0.1) is 0 Å². The first-order valence-electron chi connectivity index (χ1n) is 15.0. The molecule has 9 rings (SSSR count). The van der Waals surface area contributed by atoms with Crippen LogP contribution in [0.5, 0.6) is 0 Å². The molecule has 0 radical (unpaired) electrons. The number of fused-ring (bicyclic) bond motifs is 5. The first kappa shape index (κ1) is 25.4. The van der Waals surface area contributed by atoms with Crippen molar-refractivity contribution in [3.05, 3.63) is 158 Å². The maximum absolute atomic E-state index is 6.49. The van der Waals surface area contributed by atoms with Crippen LogP contribution in [0, 0.1) is 0 Å². The first-order chi connectivity index (χ1) is 22.3. The minimum Gasteiger partial charge on any atom is -0.456 e. The monoisotopic (exact) mass is 578 g/mol. The van der Waals surface area contributed by atoms with E-state index < -0.39 is 0 Å². The third-order valence-corrected chi connectivity index (χ3v) is 8.45. The van der Waals surface area contributed by atoms with E-state index in [-0.39, 0.29) is 0 Å². The Morgan fingerprint density at radius 1 is 0.400 bits per heavy atom. The molecule has 0 unspecified atom stereocenters. The van der Waals surface area contributed by atoms with Gasteiger partial charge < -0.3 is 13.7 Å². The molecule has 0 aliphatic carbocycles. The molecule has 0 aliphatic heterocycles. The summed E-state index contributed by atoms with van der Waals surface area (Å²) in [7, 11) is 0. The van der Waals surface area contributed by atoms with Gasteiger partial charge in [-0.25, -0.2) is 4.98 Å². The number of rotatable bonds is 5. The van der Waals surface area contributed by atoms with Gasteiger partial charge >= 0.3 is 0 Å². The molecule has 0 N–H and O–H groups in total. The van der Waals surface area contributed by atoms with E-state index in [1.807, 2.05) is 42.5 Å². The van der Waals surface area contributed by atoms with Gasteiger partial charge in [-0.2, -0.15) is 0 Å². The number of hydrogen-bond donors (Lipinski definition) is 0. The number of furan rings is 1. The van der Waals surface area contributed by atoms with Gasteiger partial charge in [0.15, 0.2) is 5.58 Å². The van der Waals surface area contributed by atoms with Gasteiger partial charge in [0.2, 0.25) is 5.89 Å². The third kappa shape index (κ3) is 4.43. The second-order valence-corrected chi connectivity index (χ2v) is 11.3. The van der Waals surface area contributed by atoms with E-state index in [2.05, 4.69) is 120 Å². The molecule has 2 heterocycles. The summed E-state index contributed by atoms with van der Waals surface area (Å²) in [5.74, 6) is 0.605. The summed E-state index contributed by atoms with van der Waals surface area (Å²) in [4.78, 5) is 7.08. The molecule has 212 valence electrons.